The van der Waals surface area contributed by atoms with E-state index in [2.05, 4.69) is 25.5 Å². The van der Waals surface area contributed by atoms with Gasteiger partial charge in [0.15, 0.2) is 5.65 Å². The number of rotatable bonds is 8. The number of pyridine rings is 1. The van der Waals surface area contributed by atoms with E-state index in [4.69, 9.17) is 5.10 Å². The number of nitrogens with one attached hydrogen (secondary N) is 2. The van der Waals surface area contributed by atoms with Gasteiger partial charge in [0.1, 0.15) is 5.82 Å². The predicted molar refractivity (Wildman–Crippen MR) is 155 cm³/mol. The molecule has 0 atom stereocenters. The van der Waals surface area contributed by atoms with Crippen LogP contribution in [0.5, 0.6) is 0 Å². The van der Waals surface area contributed by atoms with Gasteiger partial charge in [-0.1, -0.05) is 18.2 Å². The van der Waals surface area contributed by atoms with Gasteiger partial charge in [-0.05, 0) is 74.5 Å². The number of fused-ring (bicyclic) bond motifs is 1. The third-order valence-corrected chi connectivity index (χ3v) is 7.21. The molecule has 0 aliphatic carbocycles. The lowest BCUT2D eigenvalue weighted by atomic mass is 10.1. The second kappa shape index (κ2) is 11.6. The fraction of sp³-hybridized carbons (Fsp3) is 0.226. The summed E-state index contributed by atoms with van der Waals surface area (Å²) in [6, 6.07) is 19.0. The van der Waals surface area contributed by atoms with Gasteiger partial charge < -0.3 is 15.5 Å². The van der Waals surface area contributed by atoms with Gasteiger partial charge in [0.2, 0.25) is 0 Å². The number of hydrogen-bond donors (Lipinski definition) is 2. The zero-order chi connectivity index (χ0) is 29.1. The van der Waals surface area contributed by atoms with E-state index in [0.29, 0.717) is 11.3 Å². The van der Waals surface area contributed by atoms with Crippen LogP contribution in [0, 0.1) is 0 Å². The van der Waals surface area contributed by atoms with Crippen molar-refractivity contribution in [2.45, 2.75) is 19.0 Å². The van der Waals surface area contributed by atoms with Gasteiger partial charge in [0, 0.05) is 53.9 Å². The zero-order valence-corrected chi connectivity index (χ0v) is 22.6. The Morgan fingerprint density at radius 1 is 0.881 bits per heavy atom. The van der Waals surface area contributed by atoms with Crippen molar-refractivity contribution in [3.8, 4) is 22.5 Å². The molecule has 1 aliphatic rings. The van der Waals surface area contributed by atoms with Crippen molar-refractivity contribution in [3.63, 3.8) is 0 Å². The first kappa shape index (κ1) is 27.4. The van der Waals surface area contributed by atoms with Crippen LogP contribution in [0.3, 0.4) is 0 Å². The lowest BCUT2D eigenvalue weighted by molar-refractivity contribution is -0.137. The minimum atomic E-state index is -4.53. The SMILES string of the molecule is O=C(Nc1cccc(-c2ccnc3cc(-c4ccnc(NCCN5CCCC5)c4)nn23)c1)c1cccc(C(F)(F)F)c1. The molecule has 2 aromatic carbocycles. The van der Waals surface area contributed by atoms with E-state index >= 15 is 0 Å². The van der Waals surface area contributed by atoms with Crippen LogP contribution in [0.15, 0.2) is 85.2 Å². The van der Waals surface area contributed by atoms with Crippen molar-refractivity contribution >= 4 is 23.1 Å². The third-order valence-electron chi connectivity index (χ3n) is 7.21. The Balaban J connectivity index is 1.21. The second-order valence-electron chi connectivity index (χ2n) is 10.1. The van der Waals surface area contributed by atoms with E-state index in [1.165, 1.54) is 25.0 Å². The third kappa shape index (κ3) is 6.10. The van der Waals surface area contributed by atoms with Crippen LogP contribution in [-0.2, 0) is 6.18 Å². The highest BCUT2D eigenvalue weighted by Crippen LogP contribution is 2.30. The Hall–Kier alpha value is -4.77. The Bertz CT molecular complexity index is 1730. The molecule has 0 spiro atoms. The molecule has 0 unspecified atom stereocenters. The number of carbonyl (C=O) groups is 1. The smallest absolute Gasteiger partial charge is 0.369 e. The number of anilines is 2. The van der Waals surface area contributed by atoms with Crippen LogP contribution >= 0.6 is 0 Å². The van der Waals surface area contributed by atoms with Crippen molar-refractivity contribution in [1.82, 2.24) is 24.5 Å². The summed E-state index contributed by atoms with van der Waals surface area (Å²) < 4.78 is 41.0. The molecule has 8 nitrogen and oxygen atoms in total. The van der Waals surface area contributed by atoms with Gasteiger partial charge >= 0.3 is 6.18 Å². The van der Waals surface area contributed by atoms with Crippen LogP contribution < -0.4 is 10.6 Å². The first-order valence-corrected chi connectivity index (χ1v) is 13.7. The normalized spacial score (nSPS) is 13.9. The van der Waals surface area contributed by atoms with Gasteiger partial charge in [-0.25, -0.2) is 14.5 Å². The molecule has 4 heterocycles. The monoisotopic (exact) mass is 571 g/mol. The van der Waals surface area contributed by atoms with Gasteiger partial charge in [-0.3, -0.25) is 4.79 Å². The Morgan fingerprint density at radius 2 is 1.69 bits per heavy atom. The number of aromatic nitrogens is 4. The highest BCUT2D eigenvalue weighted by Gasteiger charge is 2.31. The quantitative estimate of drug-likeness (QED) is 0.229. The number of likely N-dealkylation sites (tertiary alicyclic amines) is 1. The van der Waals surface area contributed by atoms with Crippen LogP contribution in [0.4, 0.5) is 24.7 Å². The molecule has 0 saturated carbocycles. The molecule has 5 aromatic rings. The van der Waals surface area contributed by atoms with Crippen LogP contribution in [-0.4, -0.2) is 56.6 Å². The van der Waals surface area contributed by atoms with Crippen LogP contribution in [0.25, 0.3) is 28.2 Å². The van der Waals surface area contributed by atoms with E-state index in [0.717, 1.165) is 66.6 Å². The number of amides is 1. The number of carbonyl (C=O) groups excluding carboxylic acids is 1. The van der Waals surface area contributed by atoms with Gasteiger partial charge in [-0.2, -0.15) is 18.3 Å². The molecule has 11 heteroatoms. The molecular formula is C31H28F3N7O. The summed E-state index contributed by atoms with van der Waals surface area (Å²) in [4.78, 5) is 24.1. The summed E-state index contributed by atoms with van der Waals surface area (Å²) in [5, 5.41) is 10.9. The van der Waals surface area contributed by atoms with Crippen molar-refractivity contribution in [2.75, 3.05) is 36.8 Å². The van der Waals surface area contributed by atoms with Crippen molar-refractivity contribution < 1.29 is 18.0 Å². The van der Waals surface area contributed by atoms with Crippen LogP contribution in [0.2, 0.25) is 0 Å². The summed E-state index contributed by atoms with van der Waals surface area (Å²) in [7, 11) is 0. The molecule has 1 saturated heterocycles. The maximum absolute atomic E-state index is 13.1. The number of hydrogen-bond acceptors (Lipinski definition) is 6. The average molecular weight is 572 g/mol. The predicted octanol–water partition coefficient (Wildman–Crippen LogP) is 6.24. The van der Waals surface area contributed by atoms with Gasteiger partial charge in [0.25, 0.3) is 5.91 Å². The molecule has 214 valence electrons. The van der Waals surface area contributed by atoms with Gasteiger partial charge in [-0.15, -0.1) is 0 Å². The largest absolute Gasteiger partial charge is 0.416 e. The molecule has 0 bridgehead atoms. The molecule has 42 heavy (non-hydrogen) atoms. The molecule has 1 amide bonds. The van der Waals surface area contributed by atoms with E-state index in [1.807, 2.05) is 30.3 Å². The van der Waals surface area contributed by atoms with Crippen LogP contribution in [0.1, 0.15) is 28.8 Å². The molecule has 1 aliphatic heterocycles. The van der Waals surface area contributed by atoms with E-state index in [1.54, 1.807) is 35.1 Å². The highest BCUT2D eigenvalue weighted by atomic mass is 19.4. The fourth-order valence-electron chi connectivity index (χ4n) is 5.09. The Labute approximate surface area is 240 Å². The zero-order valence-electron chi connectivity index (χ0n) is 22.6. The maximum Gasteiger partial charge on any atom is 0.416 e. The summed E-state index contributed by atoms with van der Waals surface area (Å²) >= 11 is 0. The van der Waals surface area contributed by atoms with Crippen molar-refractivity contribution in [2.24, 2.45) is 0 Å². The number of nitrogens with zero attached hydrogens (tertiary/aromatic N) is 5. The fourth-order valence-corrected chi connectivity index (χ4v) is 5.09. The Kier molecular flexibility index (Phi) is 7.58. The lowest BCUT2D eigenvalue weighted by Crippen LogP contribution is -2.26. The van der Waals surface area contributed by atoms with E-state index in [9.17, 15) is 18.0 Å². The van der Waals surface area contributed by atoms with E-state index in [-0.39, 0.29) is 5.56 Å². The minimum absolute atomic E-state index is 0.0829. The molecule has 2 N–H and O–H groups in total. The average Bonchev–Trinajstić information content (AvgIpc) is 3.67. The summed E-state index contributed by atoms with van der Waals surface area (Å²) in [6.07, 6.45) is 1.42. The number of halogens is 3. The first-order chi connectivity index (χ1) is 20.3. The number of alkyl halides is 3. The Morgan fingerprint density at radius 3 is 2.52 bits per heavy atom. The molecule has 6 rings (SSSR count). The van der Waals surface area contributed by atoms with Crippen molar-refractivity contribution in [1.29, 1.82) is 0 Å². The van der Waals surface area contributed by atoms with Crippen molar-refractivity contribution in [3.05, 3.63) is 96.3 Å². The summed E-state index contributed by atoms with van der Waals surface area (Å²) in [6.45, 7) is 4.09. The molecule has 1 fully saturated rings. The van der Waals surface area contributed by atoms with Gasteiger partial charge in [0.05, 0.1) is 17.0 Å². The molecule has 3 aromatic heterocycles. The second-order valence-corrected chi connectivity index (χ2v) is 10.1. The maximum atomic E-state index is 13.1. The lowest BCUT2D eigenvalue weighted by Gasteiger charge is -2.15. The highest BCUT2D eigenvalue weighted by molar-refractivity contribution is 6.04. The summed E-state index contributed by atoms with van der Waals surface area (Å²) in [5.74, 6) is 0.142. The number of benzene rings is 2. The first-order valence-electron chi connectivity index (χ1n) is 13.7. The van der Waals surface area contributed by atoms with E-state index < -0.39 is 17.6 Å². The topological polar surface area (TPSA) is 87.4 Å². The minimum Gasteiger partial charge on any atom is -0.369 e. The summed E-state index contributed by atoms with van der Waals surface area (Å²) in [5.41, 5.74) is 3.23. The molecule has 0 radical (unpaired) electrons. The standard InChI is InChI=1S/C31H28F3N7O/c32-31(33,34)24-7-3-6-23(17-24)30(42)38-25-8-4-5-22(18-25)27-10-12-37-29-20-26(39-41(27)29)21-9-11-35-28(19-21)36-13-16-40-14-1-2-15-40/h3-12,17-20H,1-2,13-16H2,(H,35,36)(H,38,42). The molecular weight excluding hydrogens is 543 g/mol.